The van der Waals surface area contributed by atoms with E-state index in [1.54, 1.807) is 12.3 Å². The largest absolute Gasteiger partial charge is 0.366 e. The third-order valence-electron chi connectivity index (χ3n) is 4.42. The van der Waals surface area contributed by atoms with Crippen LogP contribution in [0.25, 0.3) is 0 Å². The van der Waals surface area contributed by atoms with Crippen molar-refractivity contribution in [3.8, 4) is 0 Å². The summed E-state index contributed by atoms with van der Waals surface area (Å²) in [6, 6.07) is 5.63. The van der Waals surface area contributed by atoms with Gasteiger partial charge in [0.15, 0.2) is 0 Å². The second-order valence-electron chi connectivity index (χ2n) is 6.10. The number of nitrogens with one attached hydrogen (secondary N) is 2. The number of hydrogen-bond donors (Lipinski definition) is 2. The molecule has 0 spiro atoms. The van der Waals surface area contributed by atoms with Crippen molar-refractivity contribution in [2.75, 3.05) is 5.32 Å². The van der Waals surface area contributed by atoms with Gasteiger partial charge in [-0.3, -0.25) is 4.98 Å². The van der Waals surface area contributed by atoms with Gasteiger partial charge in [-0.2, -0.15) is 0 Å². The molecule has 0 fully saturated rings. The van der Waals surface area contributed by atoms with Crippen molar-refractivity contribution in [3.63, 3.8) is 0 Å². The lowest BCUT2D eigenvalue weighted by Gasteiger charge is -2.19. The number of allylic oxidation sites excluding steroid dienone is 1. The molecule has 1 unspecified atom stereocenters. The first-order valence-electron chi connectivity index (χ1n) is 8.25. The van der Waals surface area contributed by atoms with Gasteiger partial charge in [-0.1, -0.05) is 12.1 Å². The van der Waals surface area contributed by atoms with E-state index in [1.807, 2.05) is 30.7 Å². The van der Waals surface area contributed by atoms with Crippen LogP contribution in [-0.4, -0.2) is 15.8 Å². The van der Waals surface area contributed by atoms with Gasteiger partial charge in [-0.15, -0.1) is 0 Å². The second kappa shape index (κ2) is 6.84. The van der Waals surface area contributed by atoms with E-state index in [0.29, 0.717) is 18.0 Å². The Morgan fingerprint density at radius 2 is 2.20 bits per heavy atom. The van der Waals surface area contributed by atoms with Crippen LogP contribution in [-0.2, 0) is 13.0 Å². The number of rotatable bonds is 5. The fourth-order valence-corrected chi connectivity index (χ4v) is 3.03. The normalized spacial score (nSPS) is 18.2. The van der Waals surface area contributed by atoms with Gasteiger partial charge in [0.2, 0.25) is 0 Å². The predicted octanol–water partition coefficient (Wildman–Crippen LogP) is 3.19. The highest BCUT2D eigenvalue weighted by atomic mass is 19.1. The molecule has 0 saturated heterocycles. The maximum atomic E-state index is 13.6. The van der Waals surface area contributed by atoms with Crippen LogP contribution in [0.2, 0.25) is 0 Å². The van der Waals surface area contributed by atoms with Crippen molar-refractivity contribution < 1.29 is 4.39 Å². The number of amidine groups is 1. The molecule has 25 heavy (non-hydrogen) atoms. The van der Waals surface area contributed by atoms with E-state index in [9.17, 15) is 4.39 Å². The monoisotopic (exact) mass is 335 g/mol. The van der Waals surface area contributed by atoms with Gasteiger partial charge < -0.3 is 10.6 Å². The topological polar surface area (TPSA) is 62.2 Å². The zero-order chi connectivity index (χ0) is 17.1. The summed E-state index contributed by atoms with van der Waals surface area (Å²) in [6.45, 7) is 0.378. The molecule has 4 heterocycles. The first kappa shape index (κ1) is 15.5. The predicted molar refractivity (Wildman–Crippen MR) is 95.4 cm³/mol. The minimum Gasteiger partial charge on any atom is -0.366 e. The van der Waals surface area contributed by atoms with Crippen LogP contribution < -0.4 is 10.6 Å². The van der Waals surface area contributed by atoms with Gasteiger partial charge in [-0.05, 0) is 42.3 Å². The average Bonchev–Trinajstić information content (AvgIpc) is 3.05. The minimum atomic E-state index is -0.314. The van der Waals surface area contributed by atoms with E-state index in [0.717, 1.165) is 30.1 Å². The summed E-state index contributed by atoms with van der Waals surface area (Å²) in [5, 5.41) is 6.33. The summed E-state index contributed by atoms with van der Waals surface area (Å²) >= 11 is 0. The summed E-state index contributed by atoms with van der Waals surface area (Å²) in [4.78, 5) is 12.6. The molecule has 2 aliphatic heterocycles. The van der Waals surface area contributed by atoms with Gasteiger partial charge in [0.1, 0.15) is 17.5 Å². The number of pyridine rings is 2. The van der Waals surface area contributed by atoms with Gasteiger partial charge in [0.05, 0.1) is 6.20 Å². The fraction of sp³-hybridized carbons (Fsp3) is 0.211. The number of halogens is 1. The summed E-state index contributed by atoms with van der Waals surface area (Å²) in [7, 11) is 0. The molecule has 0 aliphatic carbocycles. The lowest BCUT2D eigenvalue weighted by Crippen LogP contribution is -2.28. The van der Waals surface area contributed by atoms with Gasteiger partial charge in [0, 0.05) is 36.6 Å². The quantitative estimate of drug-likeness (QED) is 0.881. The van der Waals surface area contributed by atoms with Crippen LogP contribution in [0.5, 0.6) is 0 Å². The van der Waals surface area contributed by atoms with E-state index in [4.69, 9.17) is 0 Å². The second-order valence-corrected chi connectivity index (χ2v) is 6.10. The fourth-order valence-electron chi connectivity index (χ4n) is 3.03. The standard InChI is InChI=1S/C19H18FN5/c20-17-12-21-7-5-14(17)10-24-18-4-3-13(9-23-18)8-15-11-25-19-16(15)2-1-6-22-19/h1,3-7,9,11-12,16H,2,8,10H2,(H,22,25)(H,23,24). The molecule has 6 heteroatoms. The van der Waals surface area contributed by atoms with Crippen molar-refractivity contribution in [2.24, 2.45) is 10.9 Å². The number of aliphatic imine (C=N–C) groups is 1. The van der Waals surface area contributed by atoms with E-state index in [1.165, 1.54) is 11.8 Å². The van der Waals surface area contributed by atoms with E-state index in [2.05, 4.69) is 31.7 Å². The van der Waals surface area contributed by atoms with Crippen molar-refractivity contribution in [1.82, 2.24) is 15.3 Å². The number of anilines is 1. The van der Waals surface area contributed by atoms with Gasteiger partial charge >= 0.3 is 0 Å². The highest BCUT2D eigenvalue weighted by Gasteiger charge is 2.25. The summed E-state index contributed by atoms with van der Waals surface area (Å²) in [5.41, 5.74) is 3.01. The molecule has 0 radical (unpaired) electrons. The highest BCUT2D eigenvalue weighted by Crippen LogP contribution is 2.28. The smallest absolute Gasteiger partial charge is 0.146 e. The van der Waals surface area contributed by atoms with Crippen LogP contribution >= 0.6 is 0 Å². The molecule has 4 rings (SSSR count). The zero-order valence-corrected chi connectivity index (χ0v) is 13.6. The molecule has 0 amide bonds. The lowest BCUT2D eigenvalue weighted by atomic mass is 9.91. The number of fused-ring (bicyclic) bond motifs is 1. The SMILES string of the molecule is Fc1cnccc1CNc1ccc(CC2=CN=C3NC=CCC23)cn1. The van der Waals surface area contributed by atoms with Crippen LogP contribution in [0.4, 0.5) is 10.2 Å². The Kier molecular flexibility index (Phi) is 4.24. The summed E-state index contributed by atoms with van der Waals surface area (Å²) in [5.74, 6) is 1.80. The van der Waals surface area contributed by atoms with Gasteiger partial charge in [0.25, 0.3) is 0 Å². The van der Waals surface area contributed by atoms with Crippen molar-refractivity contribution in [3.05, 3.63) is 77.8 Å². The number of hydrogen-bond acceptors (Lipinski definition) is 5. The van der Waals surface area contributed by atoms with Crippen LogP contribution in [0, 0.1) is 11.7 Å². The maximum Gasteiger partial charge on any atom is 0.146 e. The lowest BCUT2D eigenvalue weighted by molar-refractivity contribution is 0.606. The Morgan fingerprint density at radius 3 is 3.04 bits per heavy atom. The Balaban J connectivity index is 1.36. The van der Waals surface area contributed by atoms with Crippen molar-refractivity contribution >= 4 is 11.7 Å². The van der Waals surface area contributed by atoms with Crippen LogP contribution in [0.3, 0.4) is 0 Å². The molecule has 2 aromatic heterocycles. The van der Waals surface area contributed by atoms with Crippen LogP contribution in [0.15, 0.2) is 65.8 Å². The highest BCUT2D eigenvalue weighted by molar-refractivity contribution is 5.91. The Labute approximate surface area is 145 Å². The van der Waals surface area contributed by atoms with E-state index in [-0.39, 0.29) is 5.82 Å². The van der Waals surface area contributed by atoms with E-state index >= 15 is 0 Å². The third-order valence-corrected chi connectivity index (χ3v) is 4.42. The first-order valence-corrected chi connectivity index (χ1v) is 8.25. The Morgan fingerprint density at radius 1 is 1.24 bits per heavy atom. The molecule has 2 aromatic rings. The first-order chi connectivity index (χ1) is 12.3. The molecule has 2 aliphatic rings. The zero-order valence-electron chi connectivity index (χ0n) is 13.6. The molecule has 5 nitrogen and oxygen atoms in total. The number of aromatic nitrogens is 2. The van der Waals surface area contributed by atoms with Crippen molar-refractivity contribution in [1.29, 1.82) is 0 Å². The van der Waals surface area contributed by atoms with Gasteiger partial charge in [-0.25, -0.2) is 14.4 Å². The summed E-state index contributed by atoms with van der Waals surface area (Å²) in [6.07, 6.45) is 12.5. The minimum absolute atomic E-state index is 0.314. The molecule has 0 aromatic carbocycles. The maximum absolute atomic E-state index is 13.6. The molecule has 0 saturated carbocycles. The molecule has 2 N–H and O–H groups in total. The van der Waals surface area contributed by atoms with Crippen molar-refractivity contribution in [2.45, 2.75) is 19.4 Å². The molecule has 126 valence electrons. The molecule has 1 atom stereocenters. The van der Waals surface area contributed by atoms with E-state index < -0.39 is 0 Å². The Hall–Kier alpha value is -3.02. The average molecular weight is 335 g/mol. The molecular formula is C19H18FN5. The number of nitrogens with zero attached hydrogens (tertiary/aromatic N) is 3. The summed E-state index contributed by atoms with van der Waals surface area (Å²) < 4.78 is 13.6. The molecular weight excluding hydrogens is 317 g/mol. The van der Waals surface area contributed by atoms with Crippen LogP contribution in [0.1, 0.15) is 17.5 Å². The third kappa shape index (κ3) is 3.42. The Bertz CT molecular complexity index is 854. The molecule has 0 bridgehead atoms.